The Kier molecular flexibility index (Phi) is 5.41. The van der Waals surface area contributed by atoms with Crippen LogP contribution in [0.2, 0.25) is 0 Å². The molecule has 0 aromatic heterocycles. The molecule has 1 unspecified atom stereocenters. The second kappa shape index (κ2) is 7.80. The van der Waals surface area contributed by atoms with Crippen LogP contribution in [0.25, 0.3) is 0 Å². The van der Waals surface area contributed by atoms with Crippen molar-refractivity contribution in [2.75, 3.05) is 25.0 Å². The van der Waals surface area contributed by atoms with Crippen LogP contribution in [0.15, 0.2) is 23.1 Å². The number of hydrogen-bond donors (Lipinski definition) is 2. The number of benzene rings is 1. The molecule has 7 heteroatoms. The summed E-state index contributed by atoms with van der Waals surface area (Å²) < 4.78 is 27.7. The van der Waals surface area contributed by atoms with Crippen molar-refractivity contribution in [2.45, 2.75) is 62.3 Å². The zero-order valence-electron chi connectivity index (χ0n) is 15.7. The number of rotatable bonds is 4. The van der Waals surface area contributed by atoms with Crippen molar-refractivity contribution in [1.29, 1.82) is 0 Å². The lowest BCUT2D eigenvalue weighted by atomic mass is 9.93. The van der Waals surface area contributed by atoms with Gasteiger partial charge in [0.25, 0.3) is 0 Å². The van der Waals surface area contributed by atoms with E-state index in [1.165, 1.54) is 23.6 Å². The van der Waals surface area contributed by atoms with E-state index in [9.17, 15) is 13.2 Å². The average molecular weight is 392 g/mol. The predicted molar refractivity (Wildman–Crippen MR) is 105 cm³/mol. The summed E-state index contributed by atoms with van der Waals surface area (Å²) in [5.41, 5.74) is 2.08. The number of anilines is 1. The molecule has 2 N–H and O–H groups in total. The van der Waals surface area contributed by atoms with Crippen LogP contribution in [-0.2, 0) is 21.2 Å². The van der Waals surface area contributed by atoms with Gasteiger partial charge in [-0.15, -0.1) is 0 Å². The van der Waals surface area contributed by atoms with E-state index in [0.29, 0.717) is 11.4 Å². The minimum Gasteiger partial charge on any atom is -0.384 e. The summed E-state index contributed by atoms with van der Waals surface area (Å²) in [7, 11) is -3.57. The summed E-state index contributed by atoms with van der Waals surface area (Å²) in [5.74, 6) is -0.222. The molecule has 0 spiro atoms. The normalized spacial score (nSPS) is 24.2. The van der Waals surface area contributed by atoms with Gasteiger partial charge in [0.1, 0.15) is 0 Å². The highest BCUT2D eigenvalue weighted by Gasteiger charge is 2.34. The van der Waals surface area contributed by atoms with Gasteiger partial charge in [-0.2, -0.15) is 4.31 Å². The molecule has 1 saturated heterocycles. The predicted octanol–water partition coefficient (Wildman–Crippen LogP) is 2.50. The zero-order valence-corrected chi connectivity index (χ0v) is 16.6. The summed E-state index contributed by atoms with van der Waals surface area (Å²) in [6.07, 6.45) is 8.10. The zero-order chi connectivity index (χ0) is 18.9. The quantitative estimate of drug-likeness (QED) is 0.827. The van der Waals surface area contributed by atoms with Crippen LogP contribution in [0.3, 0.4) is 0 Å². The van der Waals surface area contributed by atoms with Gasteiger partial charge in [-0.1, -0.05) is 25.3 Å². The Morgan fingerprint density at radius 2 is 1.93 bits per heavy atom. The number of sulfonamides is 1. The molecule has 1 saturated carbocycles. The first-order valence-corrected chi connectivity index (χ1v) is 11.7. The molecule has 1 aromatic carbocycles. The smallest absolute Gasteiger partial charge is 0.243 e. The van der Waals surface area contributed by atoms with Gasteiger partial charge in [0.05, 0.1) is 10.8 Å². The van der Waals surface area contributed by atoms with Gasteiger partial charge in [-0.05, 0) is 49.8 Å². The van der Waals surface area contributed by atoms with Crippen LogP contribution in [0.1, 0.15) is 50.5 Å². The molecular weight excluding hydrogens is 362 g/mol. The minimum atomic E-state index is -3.57. The van der Waals surface area contributed by atoms with Crippen molar-refractivity contribution in [3.05, 3.63) is 23.8 Å². The molecule has 0 radical (unpaired) electrons. The lowest BCUT2D eigenvalue weighted by molar-refractivity contribution is -0.127. The van der Waals surface area contributed by atoms with Gasteiger partial charge in [0.2, 0.25) is 15.9 Å². The van der Waals surface area contributed by atoms with Gasteiger partial charge in [0.15, 0.2) is 0 Å². The molecule has 0 bridgehead atoms. The Balaban J connectivity index is 1.44. The number of nitrogens with one attached hydrogen (secondary N) is 2. The fourth-order valence-corrected chi connectivity index (χ4v) is 6.07. The lowest BCUT2D eigenvalue weighted by Crippen LogP contribution is -2.47. The number of carbonyl (C=O) groups excluding carboxylic acids is 1. The van der Waals surface area contributed by atoms with E-state index in [0.717, 1.165) is 49.9 Å². The molecular formula is C20H29N3O3S. The van der Waals surface area contributed by atoms with E-state index in [2.05, 4.69) is 10.6 Å². The van der Waals surface area contributed by atoms with E-state index < -0.39 is 10.0 Å². The van der Waals surface area contributed by atoms with E-state index >= 15 is 0 Å². The number of fused-ring (bicyclic) bond motifs is 1. The standard InChI is InChI=1S/C20H29N3O3S/c24-20(22-17-6-2-1-3-7-17)16-5-4-12-23(14-16)27(25,26)18-9-8-15-10-11-21-19(15)13-18/h8-9,13,16-17,21H,1-7,10-12,14H2,(H,22,24). The first kappa shape index (κ1) is 18.7. The molecule has 2 aliphatic heterocycles. The summed E-state index contributed by atoms with van der Waals surface area (Å²) in [6, 6.07) is 5.61. The Bertz CT molecular complexity index is 803. The van der Waals surface area contributed by atoms with Gasteiger partial charge in [-0.25, -0.2) is 8.42 Å². The fourth-order valence-electron chi connectivity index (χ4n) is 4.52. The Morgan fingerprint density at radius 3 is 2.74 bits per heavy atom. The molecule has 1 amide bonds. The van der Waals surface area contributed by atoms with E-state index in [4.69, 9.17) is 0 Å². The Labute approximate surface area is 161 Å². The average Bonchev–Trinajstić information content (AvgIpc) is 3.17. The number of nitrogens with zero attached hydrogens (tertiary/aromatic N) is 1. The lowest BCUT2D eigenvalue weighted by Gasteiger charge is -2.32. The van der Waals surface area contributed by atoms with Crippen molar-refractivity contribution >= 4 is 21.6 Å². The van der Waals surface area contributed by atoms with Crippen LogP contribution in [0.5, 0.6) is 0 Å². The topological polar surface area (TPSA) is 78.5 Å². The van der Waals surface area contributed by atoms with Crippen LogP contribution in [0, 0.1) is 5.92 Å². The van der Waals surface area contributed by atoms with Crippen molar-refractivity contribution < 1.29 is 13.2 Å². The third-order valence-corrected chi connectivity index (χ3v) is 8.00. The van der Waals surface area contributed by atoms with Crippen molar-refractivity contribution in [3.63, 3.8) is 0 Å². The largest absolute Gasteiger partial charge is 0.384 e. The highest BCUT2D eigenvalue weighted by Crippen LogP contribution is 2.29. The Morgan fingerprint density at radius 1 is 1.11 bits per heavy atom. The van der Waals surface area contributed by atoms with E-state index in [1.807, 2.05) is 6.07 Å². The summed E-state index contributed by atoms with van der Waals surface area (Å²) in [4.78, 5) is 13.0. The monoisotopic (exact) mass is 391 g/mol. The van der Waals surface area contributed by atoms with Crippen molar-refractivity contribution in [1.82, 2.24) is 9.62 Å². The molecule has 6 nitrogen and oxygen atoms in total. The van der Waals surface area contributed by atoms with Crippen LogP contribution >= 0.6 is 0 Å². The van der Waals surface area contributed by atoms with Gasteiger partial charge in [-0.3, -0.25) is 4.79 Å². The molecule has 1 aliphatic carbocycles. The van der Waals surface area contributed by atoms with E-state index in [-0.39, 0.29) is 24.4 Å². The summed E-state index contributed by atoms with van der Waals surface area (Å²) >= 11 is 0. The highest BCUT2D eigenvalue weighted by atomic mass is 32.2. The van der Waals surface area contributed by atoms with Crippen LogP contribution in [-0.4, -0.2) is 44.3 Å². The second-order valence-electron chi connectivity index (χ2n) is 8.04. The highest BCUT2D eigenvalue weighted by molar-refractivity contribution is 7.89. The van der Waals surface area contributed by atoms with Crippen LogP contribution in [0.4, 0.5) is 5.69 Å². The minimum absolute atomic E-state index is 0.0254. The molecule has 1 atom stereocenters. The maximum Gasteiger partial charge on any atom is 0.243 e. The van der Waals surface area contributed by atoms with Crippen molar-refractivity contribution in [3.8, 4) is 0 Å². The number of carbonyl (C=O) groups is 1. The molecule has 3 aliphatic rings. The molecule has 148 valence electrons. The van der Waals surface area contributed by atoms with Crippen molar-refractivity contribution in [2.24, 2.45) is 5.92 Å². The molecule has 1 aromatic rings. The van der Waals surface area contributed by atoms with E-state index in [1.54, 1.807) is 12.1 Å². The number of piperidine rings is 1. The number of amides is 1. The molecule has 2 heterocycles. The summed E-state index contributed by atoms with van der Waals surface area (Å²) in [5, 5.41) is 6.40. The molecule has 27 heavy (non-hydrogen) atoms. The van der Waals surface area contributed by atoms with Gasteiger partial charge < -0.3 is 10.6 Å². The SMILES string of the molecule is O=C(NC1CCCCC1)C1CCCN(S(=O)(=O)c2ccc3c(c2)NCC3)C1. The second-order valence-corrected chi connectivity index (χ2v) is 9.98. The maximum atomic E-state index is 13.1. The van der Waals surface area contributed by atoms with Gasteiger partial charge >= 0.3 is 0 Å². The van der Waals surface area contributed by atoms with Gasteiger partial charge in [0, 0.05) is 31.4 Å². The summed E-state index contributed by atoms with van der Waals surface area (Å²) in [6.45, 7) is 1.62. The first-order valence-electron chi connectivity index (χ1n) is 10.2. The fraction of sp³-hybridized carbons (Fsp3) is 0.650. The first-order chi connectivity index (χ1) is 13.0. The maximum absolute atomic E-state index is 13.1. The molecule has 2 fully saturated rings. The third-order valence-electron chi connectivity index (χ3n) is 6.14. The Hall–Kier alpha value is -1.60. The third kappa shape index (κ3) is 3.99. The van der Waals surface area contributed by atoms with Crippen LogP contribution < -0.4 is 10.6 Å². The number of hydrogen-bond acceptors (Lipinski definition) is 4. The molecule has 4 rings (SSSR count).